The summed E-state index contributed by atoms with van der Waals surface area (Å²) in [7, 11) is -2.18. The molecule has 0 aliphatic rings. The summed E-state index contributed by atoms with van der Waals surface area (Å²) in [4.78, 5) is 13.4. The molecule has 0 spiro atoms. The largest absolute Gasteiger partial charge is 0.497 e. The van der Waals surface area contributed by atoms with Crippen LogP contribution in [-0.2, 0) is 14.8 Å². The third-order valence-corrected chi connectivity index (χ3v) is 7.19. The zero-order valence-corrected chi connectivity index (χ0v) is 21.7. The molecule has 0 saturated carbocycles. The monoisotopic (exact) mass is 512 g/mol. The molecule has 0 atom stereocenters. The Morgan fingerprint density at radius 2 is 1.51 bits per heavy atom. The van der Waals surface area contributed by atoms with Gasteiger partial charge in [-0.25, -0.2) is 8.42 Å². The van der Waals surface area contributed by atoms with Crippen LogP contribution < -0.4 is 14.8 Å². The van der Waals surface area contributed by atoms with Crippen molar-refractivity contribution >= 4 is 39.0 Å². The molecule has 0 aliphatic heterocycles. The van der Waals surface area contributed by atoms with E-state index >= 15 is 0 Å². The molecule has 4 rings (SSSR count). The van der Waals surface area contributed by atoms with Crippen molar-refractivity contribution in [3.63, 3.8) is 0 Å². The number of amides is 1. The van der Waals surface area contributed by atoms with E-state index in [1.165, 1.54) is 12.1 Å². The molecule has 7 heteroatoms. The van der Waals surface area contributed by atoms with E-state index in [9.17, 15) is 13.2 Å². The molecule has 6 nitrogen and oxygen atoms in total. The van der Waals surface area contributed by atoms with Crippen LogP contribution in [0.1, 0.15) is 22.3 Å². The van der Waals surface area contributed by atoms with Crippen molar-refractivity contribution in [2.24, 2.45) is 0 Å². The van der Waals surface area contributed by atoms with Gasteiger partial charge in [-0.1, -0.05) is 60.2 Å². The summed E-state index contributed by atoms with van der Waals surface area (Å²) in [6.45, 7) is 3.81. The van der Waals surface area contributed by atoms with Crippen LogP contribution in [0.15, 0.2) is 102 Å². The van der Waals surface area contributed by atoms with Crippen molar-refractivity contribution < 1.29 is 17.9 Å². The number of nitrogens with one attached hydrogen (secondary N) is 2. The van der Waals surface area contributed by atoms with Crippen LogP contribution in [0.3, 0.4) is 0 Å². The van der Waals surface area contributed by atoms with Gasteiger partial charge in [0.2, 0.25) is 0 Å². The van der Waals surface area contributed by atoms with Crippen LogP contribution in [0.5, 0.6) is 5.75 Å². The molecule has 2 N–H and O–H groups in total. The minimum Gasteiger partial charge on any atom is -0.497 e. The lowest BCUT2D eigenvalue weighted by Gasteiger charge is -2.13. The van der Waals surface area contributed by atoms with Crippen LogP contribution in [0.4, 0.5) is 11.4 Å². The maximum Gasteiger partial charge on any atom is 0.261 e. The SMILES string of the molecule is COc1ccc(/C=C(/C(=O)Nc2ccc(S(=O)(=O)Nc3ccc(C)cc3C)cc2)c2ccccc2)cc1. The fourth-order valence-corrected chi connectivity index (χ4v) is 4.94. The topological polar surface area (TPSA) is 84.5 Å². The molecule has 4 aromatic rings. The lowest BCUT2D eigenvalue weighted by atomic mass is 10.0. The summed E-state index contributed by atoms with van der Waals surface area (Å²) >= 11 is 0. The second-order valence-corrected chi connectivity index (χ2v) is 10.3. The molecule has 188 valence electrons. The van der Waals surface area contributed by atoms with Gasteiger partial charge in [-0.05, 0) is 79.1 Å². The molecule has 0 bridgehead atoms. The Morgan fingerprint density at radius 3 is 2.14 bits per heavy atom. The fourth-order valence-electron chi connectivity index (χ4n) is 3.81. The van der Waals surface area contributed by atoms with Gasteiger partial charge in [0.25, 0.3) is 15.9 Å². The second-order valence-electron chi connectivity index (χ2n) is 8.60. The van der Waals surface area contributed by atoms with Gasteiger partial charge in [0.05, 0.1) is 17.7 Å². The molecule has 0 saturated heterocycles. The number of anilines is 2. The van der Waals surface area contributed by atoms with Gasteiger partial charge in [0, 0.05) is 11.3 Å². The Bertz CT molecular complexity index is 1530. The second kappa shape index (κ2) is 11.1. The quantitative estimate of drug-likeness (QED) is 0.215. The minimum absolute atomic E-state index is 0.0996. The predicted octanol–water partition coefficient (Wildman–Crippen LogP) is 6.29. The maximum atomic E-state index is 13.3. The zero-order valence-electron chi connectivity index (χ0n) is 20.9. The number of hydrogen-bond donors (Lipinski definition) is 2. The van der Waals surface area contributed by atoms with Gasteiger partial charge in [0.15, 0.2) is 0 Å². The molecule has 0 heterocycles. The first-order valence-electron chi connectivity index (χ1n) is 11.7. The van der Waals surface area contributed by atoms with Crippen LogP contribution in [0.2, 0.25) is 0 Å². The van der Waals surface area contributed by atoms with Crippen molar-refractivity contribution in [3.8, 4) is 5.75 Å². The lowest BCUT2D eigenvalue weighted by Crippen LogP contribution is -2.15. The highest BCUT2D eigenvalue weighted by molar-refractivity contribution is 7.92. The third kappa shape index (κ3) is 6.45. The molecule has 0 aromatic heterocycles. The van der Waals surface area contributed by atoms with Gasteiger partial charge in [0.1, 0.15) is 5.75 Å². The highest BCUT2D eigenvalue weighted by atomic mass is 32.2. The van der Waals surface area contributed by atoms with Gasteiger partial charge < -0.3 is 10.1 Å². The van der Waals surface area contributed by atoms with Crippen molar-refractivity contribution in [2.45, 2.75) is 18.7 Å². The van der Waals surface area contributed by atoms with E-state index in [1.54, 1.807) is 31.4 Å². The van der Waals surface area contributed by atoms with E-state index < -0.39 is 10.0 Å². The van der Waals surface area contributed by atoms with Crippen molar-refractivity contribution in [1.82, 2.24) is 0 Å². The van der Waals surface area contributed by atoms with Gasteiger partial charge in [-0.2, -0.15) is 0 Å². The molecular formula is C30H28N2O4S. The van der Waals surface area contributed by atoms with E-state index in [2.05, 4.69) is 10.0 Å². The first-order valence-corrected chi connectivity index (χ1v) is 13.2. The summed E-state index contributed by atoms with van der Waals surface area (Å²) in [5, 5.41) is 2.88. The highest BCUT2D eigenvalue weighted by Gasteiger charge is 2.17. The van der Waals surface area contributed by atoms with Gasteiger partial charge >= 0.3 is 0 Å². The molecule has 0 unspecified atom stereocenters. The third-order valence-electron chi connectivity index (χ3n) is 5.80. The van der Waals surface area contributed by atoms with E-state index in [1.807, 2.05) is 80.6 Å². The lowest BCUT2D eigenvalue weighted by molar-refractivity contribution is -0.111. The van der Waals surface area contributed by atoms with E-state index in [-0.39, 0.29) is 10.8 Å². The summed E-state index contributed by atoms with van der Waals surface area (Å²) in [5.41, 5.74) is 4.97. The number of rotatable bonds is 8. The van der Waals surface area contributed by atoms with Crippen LogP contribution in [-0.4, -0.2) is 21.4 Å². The Morgan fingerprint density at radius 1 is 0.838 bits per heavy atom. The number of methoxy groups -OCH3 is 1. The van der Waals surface area contributed by atoms with Crippen LogP contribution >= 0.6 is 0 Å². The van der Waals surface area contributed by atoms with Crippen LogP contribution in [0.25, 0.3) is 11.6 Å². The van der Waals surface area contributed by atoms with E-state index in [0.717, 1.165) is 28.0 Å². The fraction of sp³-hybridized carbons (Fsp3) is 0.100. The summed E-state index contributed by atoms with van der Waals surface area (Å²) in [5.74, 6) is 0.413. The summed E-state index contributed by atoms with van der Waals surface area (Å²) in [6, 6.07) is 28.4. The Balaban J connectivity index is 1.55. The van der Waals surface area contributed by atoms with Gasteiger partial charge in [-0.15, -0.1) is 0 Å². The first kappa shape index (κ1) is 25.7. The highest BCUT2D eigenvalue weighted by Crippen LogP contribution is 2.24. The van der Waals surface area contributed by atoms with Crippen molar-refractivity contribution in [2.75, 3.05) is 17.1 Å². The normalized spacial score (nSPS) is 11.6. The number of benzene rings is 4. The molecule has 4 aromatic carbocycles. The van der Waals surface area contributed by atoms with Crippen LogP contribution in [0, 0.1) is 13.8 Å². The number of aryl methyl sites for hydroxylation is 2. The average Bonchev–Trinajstić information content (AvgIpc) is 2.90. The molecule has 1 amide bonds. The molecule has 37 heavy (non-hydrogen) atoms. The number of hydrogen-bond acceptors (Lipinski definition) is 4. The Labute approximate surface area is 217 Å². The number of carbonyl (C=O) groups is 1. The Hall–Kier alpha value is -4.36. The number of carbonyl (C=O) groups excluding carboxylic acids is 1. The smallest absolute Gasteiger partial charge is 0.261 e. The number of sulfonamides is 1. The summed E-state index contributed by atoms with van der Waals surface area (Å²) < 4.78 is 33.6. The number of ether oxygens (including phenoxy) is 1. The van der Waals surface area contributed by atoms with Crippen molar-refractivity contribution in [3.05, 3.63) is 119 Å². The predicted molar refractivity (Wildman–Crippen MR) is 149 cm³/mol. The molecule has 0 radical (unpaired) electrons. The zero-order chi connectivity index (χ0) is 26.4. The van der Waals surface area contributed by atoms with Gasteiger partial charge in [-0.3, -0.25) is 9.52 Å². The molecule has 0 fully saturated rings. The molecule has 0 aliphatic carbocycles. The average molecular weight is 513 g/mol. The summed E-state index contributed by atoms with van der Waals surface area (Å²) in [6.07, 6.45) is 1.80. The molecular weight excluding hydrogens is 484 g/mol. The standard InChI is InChI=1S/C30H28N2O4S/c1-21-9-18-29(22(2)19-21)32-37(34,35)27-16-12-25(13-17-27)31-30(33)28(24-7-5-4-6-8-24)20-23-10-14-26(36-3)15-11-23/h4-20,32H,1-3H3,(H,31,33)/b28-20+. The Kier molecular flexibility index (Phi) is 7.74. The van der Waals surface area contributed by atoms with Crippen molar-refractivity contribution in [1.29, 1.82) is 0 Å². The minimum atomic E-state index is -3.78. The van der Waals surface area contributed by atoms with E-state index in [4.69, 9.17) is 4.74 Å². The maximum absolute atomic E-state index is 13.3. The van der Waals surface area contributed by atoms with E-state index in [0.29, 0.717) is 16.9 Å². The first-order chi connectivity index (χ1) is 17.7.